The van der Waals surface area contributed by atoms with E-state index in [0.29, 0.717) is 17.0 Å². The second-order valence-corrected chi connectivity index (χ2v) is 5.16. The van der Waals surface area contributed by atoms with Crippen LogP contribution in [0.3, 0.4) is 0 Å². The van der Waals surface area contributed by atoms with Gasteiger partial charge in [-0.3, -0.25) is 9.59 Å². The molecule has 21 heavy (non-hydrogen) atoms. The van der Waals surface area contributed by atoms with Crippen LogP contribution in [0, 0.1) is 3.77 Å². The quantitative estimate of drug-likeness (QED) is 0.473. The molecule has 2 amide bonds. The number of halogens is 1. The molecule has 0 aliphatic heterocycles. The summed E-state index contributed by atoms with van der Waals surface area (Å²) < 4.78 is 6.01. The van der Waals surface area contributed by atoms with Gasteiger partial charge in [0.05, 0.1) is 6.21 Å². The van der Waals surface area contributed by atoms with Crippen molar-refractivity contribution in [2.75, 3.05) is 5.32 Å². The van der Waals surface area contributed by atoms with Gasteiger partial charge in [-0.15, -0.1) is 0 Å². The van der Waals surface area contributed by atoms with Gasteiger partial charge in [-0.05, 0) is 59.0 Å². The van der Waals surface area contributed by atoms with Gasteiger partial charge in [-0.2, -0.15) is 5.10 Å². The molecule has 7 heteroatoms. The zero-order valence-corrected chi connectivity index (χ0v) is 13.2. The molecule has 2 rings (SSSR count). The van der Waals surface area contributed by atoms with E-state index in [1.54, 1.807) is 36.4 Å². The highest BCUT2D eigenvalue weighted by Crippen LogP contribution is 2.10. The standard InChI is InChI=1S/C14H12IN3O3/c1-9(19)17-11-4-2-10(3-5-11)14(20)18-16-8-12-6-7-13(15)21-12/h2-8H,1H3,(H,17,19)(H,18,20)/b16-8-. The summed E-state index contributed by atoms with van der Waals surface area (Å²) in [5.41, 5.74) is 3.47. The number of anilines is 1. The Bertz CT molecular complexity index is 677. The summed E-state index contributed by atoms with van der Waals surface area (Å²) in [5, 5.41) is 6.44. The minimum atomic E-state index is -0.345. The summed E-state index contributed by atoms with van der Waals surface area (Å²) in [4.78, 5) is 22.7. The smallest absolute Gasteiger partial charge is 0.271 e. The third-order valence-electron chi connectivity index (χ3n) is 2.42. The predicted octanol–water partition coefficient (Wildman–Crippen LogP) is 2.61. The van der Waals surface area contributed by atoms with Crippen molar-refractivity contribution in [1.82, 2.24) is 5.43 Å². The Labute approximate surface area is 134 Å². The number of nitrogens with zero attached hydrogens (tertiary/aromatic N) is 1. The van der Waals surface area contributed by atoms with Crippen LogP contribution in [0.25, 0.3) is 0 Å². The fourth-order valence-corrected chi connectivity index (χ4v) is 1.96. The highest BCUT2D eigenvalue weighted by Gasteiger charge is 2.04. The van der Waals surface area contributed by atoms with Crippen molar-refractivity contribution in [3.63, 3.8) is 0 Å². The molecule has 0 saturated heterocycles. The number of nitrogens with one attached hydrogen (secondary N) is 2. The van der Waals surface area contributed by atoms with Gasteiger partial charge in [-0.25, -0.2) is 5.43 Å². The van der Waals surface area contributed by atoms with E-state index in [9.17, 15) is 9.59 Å². The van der Waals surface area contributed by atoms with Crippen LogP contribution in [0.1, 0.15) is 23.0 Å². The van der Waals surface area contributed by atoms with Crippen molar-refractivity contribution in [1.29, 1.82) is 0 Å². The predicted molar refractivity (Wildman–Crippen MR) is 87.2 cm³/mol. The Hall–Kier alpha value is -2.16. The first-order valence-electron chi connectivity index (χ1n) is 6.01. The number of hydrazone groups is 1. The molecule has 2 N–H and O–H groups in total. The van der Waals surface area contributed by atoms with Crippen LogP contribution >= 0.6 is 22.6 Å². The Kier molecular flexibility index (Phi) is 5.09. The third-order valence-corrected chi connectivity index (χ3v) is 3.00. The van der Waals surface area contributed by atoms with Gasteiger partial charge in [0.1, 0.15) is 5.76 Å². The monoisotopic (exact) mass is 397 g/mol. The lowest BCUT2D eigenvalue weighted by Gasteiger charge is -2.03. The van der Waals surface area contributed by atoms with E-state index in [2.05, 4.69) is 15.8 Å². The summed E-state index contributed by atoms with van der Waals surface area (Å²) in [6.07, 6.45) is 1.42. The average molecular weight is 397 g/mol. The molecule has 0 spiro atoms. The number of hydrogen-bond acceptors (Lipinski definition) is 4. The SMILES string of the molecule is CC(=O)Nc1ccc(C(=O)N/N=C\c2ccc(I)o2)cc1. The van der Waals surface area contributed by atoms with Gasteiger partial charge in [0.15, 0.2) is 3.77 Å². The first-order valence-corrected chi connectivity index (χ1v) is 7.09. The number of rotatable bonds is 4. The molecule has 0 aliphatic carbocycles. The zero-order valence-electron chi connectivity index (χ0n) is 11.1. The molecular weight excluding hydrogens is 385 g/mol. The minimum absolute atomic E-state index is 0.162. The molecule has 0 aliphatic rings. The first-order chi connectivity index (χ1) is 10.0. The van der Waals surface area contributed by atoms with E-state index in [0.717, 1.165) is 3.77 Å². The van der Waals surface area contributed by atoms with Crippen molar-refractivity contribution in [2.24, 2.45) is 5.10 Å². The normalized spacial score (nSPS) is 10.6. The Morgan fingerprint density at radius 3 is 2.48 bits per heavy atom. The molecule has 0 fully saturated rings. The molecule has 6 nitrogen and oxygen atoms in total. The second-order valence-electron chi connectivity index (χ2n) is 4.10. The first kappa shape index (κ1) is 15.2. The molecule has 0 radical (unpaired) electrons. The lowest BCUT2D eigenvalue weighted by Crippen LogP contribution is -2.17. The average Bonchev–Trinajstić information content (AvgIpc) is 2.84. The van der Waals surface area contributed by atoms with Gasteiger partial charge >= 0.3 is 0 Å². The molecule has 2 aromatic rings. The van der Waals surface area contributed by atoms with E-state index >= 15 is 0 Å². The van der Waals surface area contributed by atoms with Gasteiger partial charge < -0.3 is 9.73 Å². The fourth-order valence-electron chi connectivity index (χ4n) is 1.52. The fraction of sp³-hybridized carbons (Fsp3) is 0.0714. The van der Waals surface area contributed by atoms with Crippen molar-refractivity contribution in [3.8, 4) is 0 Å². The van der Waals surface area contributed by atoms with Crippen LogP contribution in [0.4, 0.5) is 5.69 Å². The van der Waals surface area contributed by atoms with Crippen LogP contribution in [-0.4, -0.2) is 18.0 Å². The van der Waals surface area contributed by atoms with E-state index < -0.39 is 0 Å². The summed E-state index contributed by atoms with van der Waals surface area (Å²) in [7, 11) is 0. The molecule has 108 valence electrons. The summed E-state index contributed by atoms with van der Waals surface area (Å²) in [5.74, 6) is 0.0486. The Balaban J connectivity index is 1.94. The van der Waals surface area contributed by atoms with E-state index in [1.165, 1.54) is 13.1 Å². The van der Waals surface area contributed by atoms with Crippen molar-refractivity contribution >= 4 is 46.3 Å². The Morgan fingerprint density at radius 1 is 1.19 bits per heavy atom. The number of hydrogen-bond donors (Lipinski definition) is 2. The topological polar surface area (TPSA) is 83.7 Å². The molecular formula is C14H12IN3O3. The maximum atomic E-state index is 11.8. The van der Waals surface area contributed by atoms with E-state index in [-0.39, 0.29) is 11.8 Å². The lowest BCUT2D eigenvalue weighted by atomic mass is 10.2. The highest BCUT2D eigenvalue weighted by atomic mass is 127. The number of benzene rings is 1. The van der Waals surface area contributed by atoms with Crippen molar-refractivity contribution in [2.45, 2.75) is 6.92 Å². The van der Waals surface area contributed by atoms with E-state index in [1.807, 2.05) is 22.6 Å². The van der Waals surface area contributed by atoms with Crippen LogP contribution in [-0.2, 0) is 4.79 Å². The molecule has 0 saturated carbocycles. The minimum Gasteiger partial charge on any atom is -0.449 e. The van der Waals surface area contributed by atoms with Gasteiger partial charge in [0, 0.05) is 18.2 Å². The van der Waals surface area contributed by atoms with Crippen LogP contribution in [0.2, 0.25) is 0 Å². The highest BCUT2D eigenvalue weighted by molar-refractivity contribution is 14.1. The largest absolute Gasteiger partial charge is 0.449 e. The van der Waals surface area contributed by atoms with Crippen molar-refractivity contribution in [3.05, 3.63) is 51.5 Å². The summed E-state index contributed by atoms with van der Waals surface area (Å²) in [6.45, 7) is 1.42. The lowest BCUT2D eigenvalue weighted by molar-refractivity contribution is -0.114. The molecule has 1 heterocycles. The van der Waals surface area contributed by atoms with Crippen LogP contribution in [0.5, 0.6) is 0 Å². The number of carbonyl (C=O) groups is 2. The molecule has 1 aromatic heterocycles. The van der Waals surface area contributed by atoms with Crippen molar-refractivity contribution < 1.29 is 14.0 Å². The summed E-state index contributed by atoms with van der Waals surface area (Å²) in [6, 6.07) is 10.0. The van der Waals surface area contributed by atoms with Gasteiger partial charge in [0.2, 0.25) is 5.91 Å². The van der Waals surface area contributed by atoms with Gasteiger partial charge in [0.25, 0.3) is 5.91 Å². The van der Waals surface area contributed by atoms with Gasteiger partial charge in [-0.1, -0.05) is 0 Å². The number of carbonyl (C=O) groups excluding carboxylic acids is 2. The molecule has 1 aromatic carbocycles. The van der Waals surface area contributed by atoms with Crippen LogP contribution in [0.15, 0.2) is 45.9 Å². The number of amides is 2. The zero-order chi connectivity index (χ0) is 15.2. The maximum absolute atomic E-state index is 11.8. The molecule has 0 bridgehead atoms. The third kappa shape index (κ3) is 4.71. The van der Waals surface area contributed by atoms with Crippen LogP contribution < -0.4 is 10.7 Å². The summed E-state index contributed by atoms with van der Waals surface area (Å²) >= 11 is 2.04. The molecule has 0 atom stereocenters. The number of furan rings is 1. The maximum Gasteiger partial charge on any atom is 0.271 e. The second kappa shape index (κ2) is 7.02. The molecule has 0 unspecified atom stereocenters. The van der Waals surface area contributed by atoms with E-state index in [4.69, 9.17) is 4.42 Å². The Morgan fingerprint density at radius 2 is 1.90 bits per heavy atom.